The standard InChI is InChI=1S/2C9H7N.3C8H6N2.C8H7N.C7H6N2.C5H5N.C5H6.3C4H4N2.2C4H5N.2C3H3N3/c1-2-6-9-8(4-1)5-3-7-10-9;1-2-4-9-7-10-6-5-8(9)3-1;1-3-9-6-8-2-4-10-5-7(1)8;1-3-7-4-2-6-10-8(7)9-5-1;1-2-4-8-7(3-1)5-9-6-10-8;1-2-4-8-7(3-1)5-6-9-8;1-2-4-7-6(3-1)8-5-9-7;1-2-4-6-5-3-1;1-2-4-5-3-1;1-2-6-4-3-5-1;1-2-5-4-6-3-1;1-2-4-6-5-3-1;2*1-2-4-5-3-1;1-4-2-6-3-5-1;1-2-5-6-3-4-1/h2*1-7H;3*1-6H;1-6,9H;1-5H,(H,8,9);1-5H;1-4H,5H2;3*1-4H;1,3-4H,2H2;1-3H,4H2;2*1-3H. The molecular formula is C93H84N26. The van der Waals surface area contributed by atoms with Crippen molar-refractivity contribution in [2.45, 2.75) is 12.8 Å². The zero-order valence-electron chi connectivity index (χ0n) is 64.7. The van der Waals surface area contributed by atoms with Crippen molar-refractivity contribution in [1.29, 1.82) is 0 Å². The first-order valence-electron chi connectivity index (χ1n) is 36.9. The van der Waals surface area contributed by atoms with Gasteiger partial charge < -0.3 is 9.97 Å². The van der Waals surface area contributed by atoms with Crippen molar-refractivity contribution >= 4 is 88.7 Å². The van der Waals surface area contributed by atoms with Gasteiger partial charge in [0.2, 0.25) is 0 Å². The van der Waals surface area contributed by atoms with Crippen LogP contribution in [0.2, 0.25) is 0 Å². The summed E-state index contributed by atoms with van der Waals surface area (Å²) in [5.41, 5.74) is 6.19. The molecule has 2 N–H and O–H groups in total. The number of nitrogens with zero attached hydrogens (tertiary/aromatic N) is 24. The maximum absolute atomic E-state index is 4.18. The van der Waals surface area contributed by atoms with E-state index in [-0.39, 0.29) is 0 Å². The molecule has 0 spiro atoms. The molecule has 15 aromatic heterocycles. The van der Waals surface area contributed by atoms with E-state index in [1.54, 1.807) is 124 Å². The minimum absolute atomic E-state index is 0.810. The summed E-state index contributed by atoms with van der Waals surface area (Å²) in [5.74, 6) is 0. The summed E-state index contributed by atoms with van der Waals surface area (Å²) in [5, 5.41) is 23.3. The molecular weight excluding hydrogens is 1480 g/mol. The molecule has 26 heteroatoms. The third-order valence-electron chi connectivity index (χ3n) is 14.6. The normalized spacial score (nSPS) is 10.4. The van der Waals surface area contributed by atoms with E-state index in [2.05, 4.69) is 197 Å². The predicted octanol–water partition coefficient (Wildman–Crippen LogP) is 18.4. The Hall–Kier alpha value is -16.9. The van der Waals surface area contributed by atoms with E-state index in [0.717, 1.165) is 68.6 Å². The van der Waals surface area contributed by atoms with Crippen LogP contribution in [0.5, 0.6) is 0 Å². The quantitative estimate of drug-likeness (QED) is 0.142. The molecule has 3 aliphatic rings. The van der Waals surface area contributed by atoms with Crippen molar-refractivity contribution in [3.8, 4) is 0 Å². The molecule has 1 aliphatic carbocycles. The highest BCUT2D eigenvalue weighted by Gasteiger charge is 1.93. The number of para-hydroxylation sites is 5. The second-order valence-corrected chi connectivity index (χ2v) is 22.9. The Kier molecular flexibility index (Phi) is 44.1. The van der Waals surface area contributed by atoms with Gasteiger partial charge in [-0.15, -0.1) is 5.10 Å². The zero-order chi connectivity index (χ0) is 82.3. The maximum atomic E-state index is 4.18. The molecule has 0 atom stereocenters. The average molecular weight is 1570 g/mol. The van der Waals surface area contributed by atoms with Gasteiger partial charge in [0.05, 0.1) is 41.1 Å². The number of aliphatic imine (C=N–C) groups is 2. The second-order valence-electron chi connectivity index (χ2n) is 22.9. The number of H-pyrrole nitrogens is 2. The molecule has 20 aromatic rings. The van der Waals surface area contributed by atoms with E-state index in [0.29, 0.717) is 0 Å². The first kappa shape index (κ1) is 87.7. The lowest BCUT2D eigenvalue weighted by atomic mass is 10.2. The van der Waals surface area contributed by atoms with Crippen LogP contribution in [0.4, 0.5) is 0 Å². The van der Waals surface area contributed by atoms with Crippen LogP contribution in [0.15, 0.2) is 464 Å². The van der Waals surface area contributed by atoms with E-state index >= 15 is 0 Å². The van der Waals surface area contributed by atoms with Gasteiger partial charge in [0.1, 0.15) is 38.0 Å². The van der Waals surface area contributed by atoms with Gasteiger partial charge in [-0.05, 0) is 144 Å². The van der Waals surface area contributed by atoms with Crippen LogP contribution in [-0.4, -0.2) is 139 Å². The van der Waals surface area contributed by atoms with Crippen molar-refractivity contribution < 1.29 is 0 Å². The summed E-state index contributed by atoms with van der Waals surface area (Å²) in [6.07, 6.45) is 72.2. The Balaban J connectivity index is 0.000000159. The van der Waals surface area contributed by atoms with Gasteiger partial charge in [-0.2, -0.15) is 15.3 Å². The number of benzene rings is 5. The number of fused-ring (bicyclic) bond motifs is 7. The summed E-state index contributed by atoms with van der Waals surface area (Å²) in [7, 11) is 0. The molecule has 0 unspecified atom stereocenters. The zero-order valence-corrected chi connectivity index (χ0v) is 64.7. The van der Waals surface area contributed by atoms with Crippen LogP contribution in [-0.2, 0) is 0 Å². The van der Waals surface area contributed by atoms with Gasteiger partial charge in [-0.3, -0.25) is 44.9 Å². The van der Waals surface area contributed by atoms with Crippen LogP contribution >= 0.6 is 0 Å². The highest BCUT2D eigenvalue weighted by molar-refractivity contribution is 5.82. The highest BCUT2D eigenvalue weighted by Crippen LogP contribution is 2.13. The number of aromatic amines is 2. The largest absolute Gasteiger partial charge is 0.361 e. The first-order chi connectivity index (χ1) is 59.3. The Labute approximate surface area is 688 Å². The third kappa shape index (κ3) is 39.7. The minimum atomic E-state index is 0.810. The average Bonchev–Trinajstić information content (AvgIpc) is 1.81. The molecule has 5 aromatic carbocycles. The number of allylic oxidation sites excluding steroid dienone is 6. The Morgan fingerprint density at radius 1 is 0.244 bits per heavy atom. The number of nitrogens with one attached hydrogen (secondary N) is 2. The van der Waals surface area contributed by atoms with Gasteiger partial charge in [0, 0.05) is 194 Å². The fourth-order valence-electron chi connectivity index (χ4n) is 9.15. The Morgan fingerprint density at radius 3 is 1.16 bits per heavy atom. The van der Waals surface area contributed by atoms with Crippen LogP contribution in [0.3, 0.4) is 0 Å². The van der Waals surface area contributed by atoms with Crippen molar-refractivity contribution in [3.63, 3.8) is 0 Å². The van der Waals surface area contributed by atoms with E-state index in [4.69, 9.17) is 0 Å². The number of pyridine rings is 7. The molecule has 2 aliphatic heterocycles. The van der Waals surface area contributed by atoms with Crippen LogP contribution < -0.4 is 0 Å². The molecule has 586 valence electrons. The summed E-state index contributed by atoms with van der Waals surface area (Å²) < 4.78 is 0. The second kappa shape index (κ2) is 59.9. The van der Waals surface area contributed by atoms with Crippen molar-refractivity contribution in [2.24, 2.45) is 9.98 Å². The van der Waals surface area contributed by atoms with Gasteiger partial charge >= 0.3 is 0 Å². The van der Waals surface area contributed by atoms with Gasteiger partial charge in [-0.25, -0.2) is 54.8 Å². The maximum Gasteiger partial charge on any atom is 0.159 e. The summed E-state index contributed by atoms with van der Waals surface area (Å²) >= 11 is 0. The van der Waals surface area contributed by atoms with E-state index in [9.17, 15) is 0 Å². The number of imidazole rings is 1. The molecule has 17 heterocycles. The minimum Gasteiger partial charge on any atom is -0.361 e. The van der Waals surface area contributed by atoms with Crippen molar-refractivity contribution in [2.75, 3.05) is 6.54 Å². The highest BCUT2D eigenvalue weighted by atomic mass is 15.1. The molecule has 0 bridgehead atoms. The van der Waals surface area contributed by atoms with E-state index < -0.39 is 0 Å². The lowest BCUT2D eigenvalue weighted by molar-refractivity contribution is 0.969. The fraction of sp³-hybridized carbons (Fsp3) is 0.0323. The SMILES string of the molecule is C1=CCC=C1.C1=CCN=C1.C1=CN=CC1.c1cc2cnccc2cn1.c1ccc2[nH]ccc2c1.c1ccc2[nH]cnc2c1.c1ccc2cnccc2c1.c1ccc2ncccc2c1.c1ccc2ncncc2c1.c1ccncc1.c1ccnnc1.c1cnc2ncccc2c1.c1cnccn1.c1cncnc1.c1cnncn1.c1ncncn1. The molecule has 0 radical (unpaired) electrons. The number of hydrogen-bond donors (Lipinski definition) is 2. The summed E-state index contributed by atoms with van der Waals surface area (Å²) in [4.78, 5) is 83.0. The summed E-state index contributed by atoms with van der Waals surface area (Å²) in [6, 6.07) is 71.3. The lowest BCUT2D eigenvalue weighted by Crippen LogP contribution is -1.78. The third-order valence-corrected chi connectivity index (χ3v) is 14.6. The number of aromatic nitrogens is 24. The number of rotatable bonds is 0. The molecule has 23 rings (SSSR count). The molecule has 0 fully saturated rings. The van der Waals surface area contributed by atoms with Crippen LogP contribution in [0, 0.1) is 0 Å². The summed E-state index contributed by atoms with van der Waals surface area (Å²) in [6.45, 7) is 0.889. The van der Waals surface area contributed by atoms with E-state index in [1.807, 2.05) is 238 Å². The Bertz CT molecular complexity index is 4690. The van der Waals surface area contributed by atoms with Crippen LogP contribution in [0.25, 0.3) is 76.3 Å². The Morgan fingerprint density at radius 2 is 0.739 bits per heavy atom. The molecule has 0 saturated heterocycles. The van der Waals surface area contributed by atoms with Gasteiger partial charge in [0.15, 0.2) is 5.65 Å². The molecule has 119 heavy (non-hydrogen) atoms. The molecule has 26 nitrogen and oxygen atoms in total. The van der Waals surface area contributed by atoms with Crippen molar-refractivity contribution in [1.82, 2.24) is 120 Å². The fourth-order valence-corrected chi connectivity index (χ4v) is 9.15. The van der Waals surface area contributed by atoms with Crippen LogP contribution in [0.1, 0.15) is 12.8 Å². The number of hydrogen-bond acceptors (Lipinski definition) is 24. The van der Waals surface area contributed by atoms with E-state index in [1.165, 1.54) is 64.9 Å². The topological polar surface area (TPSA) is 340 Å². The predicted molar refractivity (Wildman–Crippen MR) is 474 cm³/mol. The lowest BCUT2D eigenvalue weighted by Gasteiger charge is -1.91. The molecule has 0 amide bonds. The molecule has 0 saturated carbocycles. The van der Waals surface area contributed by atoms with Gasteiger partial charge in [-0.1, -0.05) is 140 Å². The first-order valence-corrected chi connectivity index (χ1v) is 36.9. The monoisotopic (exact) mass is 1560 g/mol. The van der Waals surface area contributed by atoms with Gasteiger partial charge in [0.25, 0.3) is 0 Å². The smallest absolute Gasteiger partial charge is 0.159 e. The van der Waals surface area contributed by atoms with Crippen molar-refractivity contribution in [3.05, 3.63) is 454 Å².